The Kier molecular flexibility index (Phi) is 12.5. The van der Waals surface area contributed by atoms with Crippen LogP contribution >= 0.6 is 0 Å². The molecule has 0 saturated heterocycles. The molecular weight excluding hydrogens is 176 g/mol. The molecule has 0 aliphatic carbocycles. The van der Waals surface area contributed by atoms with Gasteiger partial charge in [0.15, 0.2) is 5.97 Å². The topological polar surface area (TPSA) is 37.3 Å². The van der Waals surface area contributed by atoms with Crippen molar-refractivity contribution in [3.8, 4) is 0 Å². The fraction of sp³-hybridized carbons (Fsp3) is 0.750. The van der Waals surface area contributed by atoms with Gasteiger partial charge in [-0.15, -0.1) is 0 Å². The van der Waals surface area contributed by atoms with Gasteiger partial charge in [-0.05, 0) is 0 Å². The monoisotopic (exact) mass is 191 g/mol. The molecular formula is C8H15O2Ti-. The molecule has 0 bridgehead atoms. The van der Waals surface area contributed by atoms with Gasteiger partial charge in [-0.25, -0.2) is 0 Å². The third-order valence-corrected chi connectivity index (χ3v) is 1.38. The molecule has 3 heteroatoms. The smallest absolute Gasteiger partial charge is 0.163 e. The van der Waals surface area contributed by atoms with Crippen molar-refractivity contribution in [3.63, 3.8) is 0 Å². The van der Waals surface area contributed by atoms with Gasteiger partial charge in [-0.1, -0.05) is 32.6 Å². The molecule has 0 aliphatic heterocycles. The van der Waals surface area contributed by atoms with Crippen LogP contribution in [0, 0.1) is 6.42 Å². The number of aliphatic carboxylic acids is 1. The maximum Gasteiger partial charge on any atom is 0.163 e. The second-order valence-corrected chi connectivity index (χ2v) is 2.39. The summed E-state index contributed by atoms with van der Waals surface area (Å²) in [6, 6.07) is 0. The SMILES string of the molecule is CCCCCC[CH-]C(=O)O.[Ti]. The third kappa shape index (κ3) is 13.1. The summed E-state index contributed by atoms with van der Waals surface area (Å²) < 4.78 is 0. The molecule has 0 radical (unpaired) electrons. The Morgan fingerprint density at radius 2 is 2.00 bits per heavy atom. The predicted octanol–water partition coefficient (Wildman–Crippen LogP) is 2.24. The number of rotatable bonds is 6. The van der Waals surface area contributed by atoms with E-state index >= 15 is 0 Å². The molecule has 2 nitrogen and oxygen atoms in total. The van der Waals surface area contributed by atoms with Crippen LogP contribution in [-0.4, -0.2) is 11.1 Å². The van der Waals surface area contributed by atoms with Crippen molar-refractivity contribution in [2.75, 3.05) is 0 Å². The summed E-state index contributed by atoms with van der Waals surface area (Å²) in [5.41, 5.74) is 0. The average Bonchev–Trinajstić information content (AvgIpc) is 1.87. The standard InChI is InChI=1S/C8H15O2.Ti/c1-2-3-4-5-6-7-8(9)10;/h7H,2-6H2,1H3,(H,9,10);/q-1;. The first kappa shape index (κ1) is 13.6. The molecule has 0 amide bonds. The molecule has 64 valence electrons. The molecule has 0 atom stereocenters. The maximum absolute atomic E-state index is 9.98. The van der Waals surface area contributed by atoms with E-state index in [2.05, 4.69) is 6.92 Å². The van der Waals surface area contributed by atoms with E-state index in [1.54, 1.807) is 0 Å². The van der Waals surface area contributed by atoms with E-state index < -0.39 is 5.97 Å². The minimum absolute atomic E-state index is 0. The minimum atomic E-state index is -0.795. The van der Waals surface area contributed by atoms with Crippen LogP contribution in [0.3, 0.4) is 0 Å². The average molecular weight is 191 g/mol. The summed E-state index contributed by atoms with van der Waals surface area (Å²) >= 11 is 0. The Bertz CT molecular complexity index is 94.1. The summed E-state index contributed by atoms with van der Waals surface area (Å²) in [6.45, 7) is 2.14. The van der Waals surface area contributed by atoms with Crippen molar-refractivity contribution >= 4 is 5.97 Å². The first-order chi connectivity index (χ1) is 4.77. The van der Waals surface area contributed by atoms with Crippen LogP contribution in [-0.2, 0) is 26.5 Å². The molecule has 0 heterocycles. The molecule has 0 saturated carbocycles. The number of carbonyl (C=O) groups is 1. The Morgan fingerprint density at radius 3 is 2.45 bits per heavy atom. The van der Waals surface area contributed by atoms with E-state index in [0.29, 0.717) is 0 Å². The molecule has 0 aliphatic rings. The Morgan fingerprint density at radius 1 is 1.36 bits per heavy atom. The van der Waals surface area contributed by atoms with E-state index in [1.807, 2.05) is 0 Å². The molecule has 1 N–H and O–H groups in total. The van der Waals surface area contributed by atoms with Gasteiger partial charge in [0.05, 0.1) is 0 Å². The van der Waals surface area contributed by atoms with Gasteiger partial charge in [0, 0.05) is 21.7 Å². The predicted molar refractivity (Wildman–Crippen MR) is 40.7 cm³/mol. The first-order valence-electron chi connectivity index (χ1n) is 3.83. The van der Waals surface area contributed by atoms with Crippen molar-refractivity contribution in [3.05, 3.63) is 6.42 Å². The number of carboxylic acid groups (broad SMARTS) is 1. The molecule has 0 aromatic heterocycles. The number of carboxylic acids is 1. The molecule has 11 heavy (non-hydrogen) atoms. The Balaban J connectivity index is 0. The second kappa shape index (κ2) is 10.1. The summed E-state index contributed by atoms with van der Waals surface area (Å²) in [5.74, 6) is -0.795. The quantitative estimate of drug-likeness (QED) is 0.397. The summed E-state index contributed by atoms with van der Waals surface area (Å²) in [5, 5.41) is 8.21. The van der Waals surface area contributed by atoms with Crippen molar-refractivity contribution in [2.45, 2.75) is 39.0 Å². The van der Waals surface area contributed by atoms with Crippen LogP contribution in [0.4, 0.5) is 0 Å². The number of unbranched alkanes of at least 4 members (excludes halogenated alkanes) is 4. The van der Waals surface area contributed by atoms with Gasteiger partial charge in [0.1, 0.15) is 0 Å². The van der Waals surface area contributed by atoms with Crippen molar-refractivity contribution < 1.29 is 31.6 Å². The zero-order chi connectivity index (χ0) is 7.82. The number of hydrogen-bond donors (Lipinski definition) is 1. The fourth-order valence-electron chi connectivity index (χ4n) is 0.797. The van der Waals surface area contributed by atoms with Gasteiger partial charge in [-0.3, -0.25) is 11.2 Å². The molecule has 0 unspecified atom stereocenters. The van der Waals surface area contributed by atoms with Crippen LogP contribution in [0.5, 0.6) is 0 Å². The van der Waals surface area contributed by atoms with Crippen LogP contribution in [0.25, 0.3) is 0 Å². The summed E-state index contributed by atoms with van der Waals surface area (Å²) in [4.78, 5) is 9.98. The zero-order valence-electron chi connectivity index (χ0n) is 6.97. The van der Waals surface area contributed by atoms with Gasteiger partial charge in [-0.2, -0.15) is 6.42 Å². The molecule has 0 aromatic rings. The van der Waals surface area contributed by atoms with E-state index in [-0.39, 0.29) is 21.7 Å². The van der Waals surface area contributed by atoms with E-state index in [0.717, 1.165) is 19.3 Å². The van der Waals surface area contributed by atoms with E-state index in [9.17, 15) is 4.79 Å². The fourth-order valence-corrected chi connectivity index (χ4v) is 0.797. The van der Waals surface area contributed by atoms with Crippen LogP contribution < -0.4 is 0 Å². The Labute approximate surface area is 83.3 Å². The maximum atomic E-state index is 9.98. The van der Waals surface area contributed by atoms with Crippen LogP contribution in [0.1, 0.15) is 39.0 Å². The van der Waals surface area contributed by atoms with Gasteiger partial charge in [0.25, 0.3) is 0 Å². The third-order valence-electron chi connectivity index (χ3n) is 1.38. The summed E-state index contributed by atoms with van der Waals surface area (Å²) in [7, 11) is 0. The van der Waals surface area contributed by atoms with Crippen molar-refractivity contribution in [2.24, 2.45) is 0 Å². The molecule has 0 aromatic carbocycles. The van der Waals surface area contributed by atoms with E-state index in [4.69, 9.17) is 5.11 Å². The van der Waals surface area contributed by atoms with Crippen molar-refractivity contribution in [1.29, 1.82) is 0 Å². The molecule has 0 rings (SSSR count). The normalized spacial score (nSPS) is 8.45. The number of hydrogen-bond acceptors (Lipinski definition) is 1. The van der Waals surface area contributed by atoms with Gasteiger partial charge in [0.2, 0.25) is 0 Å². The largest absolute Gasteiger partial charge is 0.503 e. The Hall–Kier alpha value is 0.0543. The first-order valence-corrected chi connectivity index (χ1v) is 3.83. The minimum Gasteiger partial charge on any atom is -0.503 e. The van der Waals surface area contributed by atoms with E-state index in [1.165, 1.54) is 19.3 Å². The molecule has 0 fully saturated rings. The van der Waals surface area contributed by atoms with Crippen molar-refractivity contribution in [1.82, 2.24) is 0 Å². The van der Waals surface area contributed by atoms with Gasteiger partial charge >= 0.3 is 0 Å². The van der Waals surface area contributed by atoms with Crippen LogP contribution in [0.2, 0.25) is 0 Å². The van der Waals surface area contributed by atoms with Gasteiger partial charge < -0.3 is 5.11 Å². The zero-order valence-corrected chi connectivity index (χ0v) is 8.53. The summed E-state index contributed by atoms with van der Waals surface area (Å²) in [6.07, 6.45) is 6.63. The second-order valence-electron chi connectivity index (χ2n) is 2.39. The van der Waals surface area contributed by atoms with Crippen LogP contribution in [0.15, 0.2) is 0 Å². The molecule has 0 spiro atoms.